The molecule has 0 aliphatic heterocycles. The molecule has 0 aliphatic rings. The van der Waals surface area contributed by atoms with Crippen LogP contribution in [0.4, 0.5) is 28.7 Å². The van der Waals surface area contributed by atoms with Gasteiger partial charge in [0, 0.05) is 22.8 Å². The van der Waals surface area contributed by atoms with Gasteiger partial charge in [-0.15, -0.1) is 5.10 Å². The number of benzene rings is 2. The van der Waals surface area contributed by atoms with Crippen molar-refractivity contribution in [3.05, 3.63) is 60.8 Å². The molecule has 2 aromatic carbocycles. The Hall–Kier alpha value is -3.26. The molecule has 7 nitrogen and oxygen atoms in total. The minimum Gasteiger partial charge on any atom is -0.354 e. The van der Waals surface area contributed by atoms with Crippen LogP contribution in [0.15, 0.2) is 60.8 Å². The SMILES string of the molecule is SNc1ccc(Nc2cnnc(Nc3n[nH]c4ccccc34)c2)cc1. The zero-order chi connectivity index (χ0) is 17.1. The highest BCUT2D eigenvalue weighted by Crippen LogP contribution is 2.24. The maximum Gasteiger partial charge on any atom is 0.161 e. The predicted molar refractivity (Wildman–Crippen MR) is 104 cm³/mol. The van der Waals surface area contributed by atoms with Gasteiger partial charge in [-0.05, 0) is 36.4 Å². The molecule has 124 valence electrons. The molecule has 8 heteroatoms. The molecule has 2 heterocycles. The highest BCUT2D eigenvalue weighted by atomic mass is 32.1. The van der Waals surface area contributed by atoms with Gasteiger partial charge in [0.15, 0.2) is 11.6 Å². The zero-order valence-corrected chi connectivity index (χ0v) is 14.0. The second-order valence-corrected chi connectivity index (χ2v) is 5.61. The Balaban J connectivity index is 1.54. The van der Waals surface area contributed by atoms with E-state index in [-0.39, 0.29) is 0 Å². The number of rotatable bonds is 5. The summed E-state index contributed by atoms with van der Waals surface area (Å²) in [5.41, 5.74) is 3.65. The van der Waals surface area contributed by atoms with Gasteiger partial charge in [0.1, 0.15) is 0 Å². The van der Waals surface area contributed by atoms with Gasteiger partial charge < -0.3 is 15.4 Å². The maximum atomic E-state index is 4.28. The summed E-state index contributed by atoms with van der Waals surface area (Å²) in [6.07, 6.45) is 1.67. The summed E-state index contributed by atoms with van der Waals surface area (Å²) >= 11 is 4.02. The van der Waals surface area contributed by atoms with Gasteiger partial charge in [-0.2, -0.15) is 10.2 Å². The monoisotopic (exact) mass is 349 g/mol. The van der Waals surface area contributed by atoms with Gasteiger partial charge in [0.25, 0.3) is 0 Å². The smallest absolute Gasteiger partial charge is 0.161 e. The number of hydrogen-bond acceptors (Lipinski definition) is 7. The van der Waals surface area contributed by atoms with Crippen molar-refractivity contribution >= 4 is 52.4 Å². The van der Waals surface area contributed by atoms with Crippen LogP contribution >= 0.6 is 12.8 Å². The number of H-pyrrole nitrogens is 1. The average molecular weight is 349 g/mol. The minimum absolute atomic E-state index is 0.607. The van der Waals surface area contributed by atoms with Crippen LogP contribution in [0.3, 0.4) is 0 Å². The van der Waals surface area contributed by atoms with E-state index in [1.165, 1.54) is 0 Å². The molecule has 0 amide bonds. The van der Waals surface area contributed by atoms with Crippen molar-refractivity contribution in [2.75, 3.05) is 15.4 Å². The molecule has 25 heavy (non-hydrogen) atoms. The van der Waals surface area contributed by atoms with Crippen molar-refractivity contribution in [1.82, 2.24) is 20.4 Å². The summed E-state index contributed by atoms with van der Waals surface area (Å²) in [7, 11) is 0. The van der Waals surface area contributed by atoms with Crippen LogP contribution < -0.4 is 15.4 Å². The summed E-state index contributed by atoms with van der Waals surface area (Å²) in [5.74, 6) is 1.32. The summed E-state index contributed by atoms with van der Waals surface area (Å²) in [4.78, 5) is 0. The molecule has 0 saturated heterocycles. The number of para-hydroxylation sites is 1. The number of fused-ring (bicyclic) bond motifs is 1. The second kappa shape index (κ2) is 6.70. The Kier molecular flexibility index (Phi) is 4.09. The Bertz CT molecular complexity index is 997. The van der Waals surface area contributed by atoms with Crippen LogP contribution in [-0.2, 0) is 0 Å². The van der Waals surface area contributed by atoms with E-state index >= 15 is 0 Å². The van der Waals surface area contributed by atoms with Crippen LogP contribution in [-0.4, -0.2) is 20.4 Å². The Morgan fingerprint density at radius 2 is 1.68 bits per heavy atom. The number of aromatic nitrogens is 4. The van der Waals surface area contributed by atoms with E-state index in [2.05, 4.69) is 48.6 Å². The quantitative estimate of drug-likeness (QED) is 0.349. The van der Waals surface area contributed by atoms with E-state index in [9.17, 15) is 0 Å². The Labute approximate surface area is 149 Å². The van der Waals surface area contributed by atoms with Crippen molar-refractivity contribution in [3.63, 3.8) is 0 Å². The minimum atomic E-state index is 0.607. The van der Waals surface area contributed by atoms with Crippen LogP contribution in [0.5, 0.6) is 0 Å². The lowest BCUT2D eigenvalue weighted by atomic mass is 10.2. The fourth-order valence-corrected chi connectivity index (χ4v) is 2.62. The molecule has 4 aromatic rings. The van der Waals surface area contributed by atoms with Crippen LogP contribution in [0, 0.1) is 0 Å². The van der Waals surface area contributed by atoms with Crippen molar-refractivity contribution in [2.45, 2.75) is 0 Å². The van der Waals surface area contributed by atoms with Gasteiger partial charge in [-0.25, -0.2) is 0 Å². The standard InChI is InChI=1S/C17H15N7S/c25-24-12-7-5-11(6-8-12)19-13-9-16(22-18-10-13)20-17-14-3-1-2-4-15(14)21-23-17/h1-10,24-25H,(H3,19,20,21,22,23). The lowest BCUT2D eigenvalue weighted by molar-refractivity contribution is 1.03. The van der Waals surface area contributed by atoms with Gasteiger partial charge in [0.2, 0.25) is 0 Å². The first-order valence-corrected chi connectivity index (χ1v) is 8.06. The van der Waals surface area contributed by atoms with E-state index < -0.39 is 0 Å². The van der Waals surface area contributed by atoms with Crippen molar-refractivity contribution in [2.24, 2.45) is 0 Å². The fourth-order valence-electron chi connectivity index (χ4n) is 2.47. The number of aromatic amines is 1. The second-order valence-electron chi connectivity index (χ2n) is 5.39. The van der Waals surface area contributed by atoms with Crippen LogP contribution in [0.25, 0.3) is 10.9 Å². The lowest BCUT2D eigenvalue weighted by Gasteiger charge is -2.08. The van der Waals surface area contributed by atoms with Gasteiger partial charge >= 0.3 is 0 Å². The molecule has 0 fully saturated rings. The van der Waals surface area contributed by atoms with E-state index in [4.69, 9.17) is 0 Å². The largest absolute Gasteiger partial charge is 0.354 e. The third-order valence-electron chi connectivity index (χ3n) is 3.67. The zero-order valence-electron chi connectivity index (χ0n) is 13.1. The Morgan fingerprint density at radius 1 is 0.880 bits per heavy atom. The molecular formula is C17H15N7S. The summed E-state index contributed by atoms with van der Waals surface area (Å²) in [5, 5.41) is 22.9. The molecule has 0 saturated carbocycles. The van der Waals surface area contributed by atoms with Crippen molar-refractivity contribution in [1.29, 1.82) is 0 Å². The molecule has 0 radical (unpaired) electrons. The fraction of sp³-hybridized carbons (Fsp3) is 0. The molecule has 0 spiro atoms. The highest BCUT2D eigenvalue weighted by Gasteiger charge is 2.07. The van der Waals surface area contributed by atoms with Crippen molar-refractivity contribution in [3.8, 4) is 0 Å². The topological polar surface area (TPSA) is 90.6 Å². The normalized spacial score (nSPS) is 10.6. The molecule has 0 atom stereocenters. The summed E-state index contributed by atoms with van der Waals surface area (Å²) in [6, 6.07) is 17.5. The van der Waals surface area contributed by atoms with Crippen LogP contribution in [0.2, 0.25) is 0 Å². The number of anilines is 5. The third kappa shape index (κ3) is 3.33. The van der Waals surface area contributed by atoms with E-state index in [0.29, 0.717) is 11.6 Å². The summed E-state index contributed by atoms with van der Waals surface area (Å²) in [6.45, 7) is 0. The van der Waals surface area contributed by atoms with Crippen LogP contribution in [0.1, 0.15) is 0 Å². The first kappa shape index (κ1) is 15.3. The van der Waals surface area contributed by atoms with Gasteiger partial charge in [-0.1, -0.05) is 24.9 Å². The molecule has 4 N–H and O–H groups in total. The van der Waals surface area contributed by atoms with E-state index in [0.717, 1.165) is 28.0 Å². The maximum absolute atomic E-state index is 4.28. The predicted octanol–water partition coefficient (Wildman–Crippen LogP) is 4.10. The molecular weight excluding hydrogens is 334 g/mol. The van der Waals surface area contributed by atoms with Gasteiger partial charge in [-0.3, -0.25) is 5.10 Å². The molecule has 2 aromatic heterocycles. The van der Waals surface area contributed by atoms with E-state index in [1.54, 1.807) is 6.20 Å². The number of thiol groups is 1. The first-order chi connectivity index (χ1) is 12.3. The lowest BCUT2D eigenvalue weighted by Crippen LogP contribution is -1.98. The summed E-state index contributed by atoms with van der Waals surface area (Å²) < 4.78 is 2.79. The molecule has 0 aliphatic carbocycles. The van der Waals surface area contributed by atoms with E-state index in [1.807, 2.05) is 54.6 Å². The van der Waals surface area contributed by atoms with Gasteiger partial charge in [0.05, 0.1) is 17.4 Å². The third-order valence-corrected chi connectivity index (χ3v) is 3.93. The number of nitrogens with zero attached hydrogens (tertiary/aromatic N) is 3. The molecule has 4 rings (SSSR count). The average Bonchev–Trinajstić information content (AvgIpc) is 3.06. The highest BCUT2D eigenvalue weighted by molar-refractivity contribution is 7.81. The number of hydrogen-bond donors (Lipinski definition) is 5. The molecule has 0 bridgehead atoms. The Morgan fingerprint density at radius 3 is 2.52 bits per heavy atom. The first-order valence-electron chi connectivity index (χ1n) is 7.62. The van der Waals surface area contributed by atoms with Crippen molar-refractivity contribution < 1.29 is 0 Å². The number of nitrogens with one attached hydrogen (secondary N) is 4. The molecule has 0 unspecified atom stereocenters.